The number of nitrogens with two attached hydrogens (primary N) is 1. The molecule has 0 bridgehead atoms. The number of carbonyl (C=O) groups excluding carboxylic acids is 1. The second-order valence-electron chi connectivity index (χ2n) is 8.47. The van der Waals surface area contributed by atoms with Gasteiger partial charge in [-0.2, -0.15) is 0 Å². The first-order chi connectivity index (χ1) is 15.1. The van der Waals surface area contributed by atoms with Gasteiger partial charge < -0.3 is 26.1 Å². The number of amides is 1. The number of nitrogens with zero attached hydrogens (tertiary/aromatic N) is 5. The maximum Gasteiger partial charge on any atom is 0.407 e. The van der Waals surface area contributed by atoms with Gasteiger partial charge >= 0.3 is 6.09 Å². The van der Waals surface area contributed by atoms with Crippen molar-refractivity contribution in [3.05, 3.63) is 30.0 Å². The van der Waals surface area contributed by atoms with Crippen LogP contribution in [0.5, 0.6) is 0 Å². The van der Waals surface area contributed by atoms with Crippen LogP contribution in [0.25, 0.3) is 22.8 Å². The van der Waals surface area contributed by atoms with Crippen LogP contribution in [0, 0.1) is 6.92 Å². The van der Waals surface area contributed by atoms with E-state index in [4.69, 9.17) is 10.7 Å². The first-order valence-corrected chi connectivity index (χ1v) is 10.2. The van der Waals surface area contributed by atoms with E-state index in [-0.39, 0.29) is 11.5 Å². The first-order valence-electron chi connectivity index (χ1n) is 10.2. The van der Waals surface area contributed by atoms with Crippen molar-refractivity contribution >= 4 is 17.9 Å². The van der Waals surface area contributed by atoms with Crippen molar-refractivity contribution in [2.75, 3.05) is 24.7 Å². The number of anilines is 2. The molecule has 11 nitrogen and oxygen atoms in total. The summed E-state index contributed by atoms with van der Waals surface area (Å²) in [5.74, 6) is 1.59. The van der Waals surface area contributed by atoms with E-state index < -0.39 is 6.09 Å². The Morgan fingerprint density at radius 2 is 1.97 bits per heavy atom. The number of methoxy groups -OCH3 is 1. The lowest BCUT2D eigenvalue weighted by atomic mass is 9.96. The predicted molar refractivity (Wildman–Crippen MR) is 122 cm³/mol. The zero-order valence-electron chi connectivity index (χ0n) is 19.1. The molecule has 3 heterocycles. The second kappa shape index (κ2) is 9.16. The molecular weight excluding hydrogens is 410 g/mol. The summed E-state index contributed by atoms with van der Waals surface area (Å²) in [6, 6.07) is 1.61. The van der Waals surface area contributed by atoms with Gasteiger partial charge in [0, 0.05) is 24.2 Å². The molecule has 1 amide bonds. The number of nitrogens with one attached hydrogen (secondary N) is 3. The van der Waals surface area contributed by atoms with Gasteiger partial charge in [0.1, 0.15) is 23.0 Å². The maximum absolute atomic E-state index is 11.4. The molecule has 0 aromatic carbocycles. The highest BCUT2D eigenvalue weighted by Gasteiger charge is 2.24. The smallest absolute Gasteiger partial charge is 0.407 e. The number of imidazole rings is 1. The van der Waals surface area contributed by atoms with Crippen molar-refractivity contribution in [3.8, 4) is 22.8 Å². The summed E-state index contributed by atoms with van der Waals surface area (Å²) in [7, 11) is 1.32. The average Bonchev–Trinajstić information content (AvgIpc) is 3.20. The molecule has 5 N–H and O–H groups in total. The Balaban J connectivity index is 1.94. The lowest BCUT2D eigenvalue weighted by Gasteiger charge is -2.14. The van der Waals surface area contributed by atoms with Gasteiger partial charge in [-0.15, -0.1) is 0 Å². The highest BCUT2D eigenvalue weighted by atomic mass is 16.5. The molecule has 0 radical (unpaired) electrons. The highest BCUT2D eigenvalue weighted by Crippen LogP contribution is 2.32. The van der Waals surface area contributed by atoms with Crippen molar-refractivity contribution < 1.29 is 9.53 Å². The number of hydrogen-bond donors (Lipinski definition) is 4. The number of hydrogen-bond acceptors (Lipinski definition) is 9. The molecule has 0 saturated heterocycles. The molecule has 11 heteroatoms. The largest absolute Gasteiger partial charge is 0.453 e. The molecular formula is C21H29N9O2. The van der Waals surface area contributed by atoms with Gasteiger partial charge in [-0.1, -0.05) is 20.8 Å². The average molecular weight is 440 g/mol. The summed E-state index contributed by atoms with van der Waals surface area (Å²) in [4.78, 5) is 37.2. The molecule has 0 aliphatic rings. The van der Waals surface area contributed by atoms with E-state index in [1.54, 1.807) is 25.4 Å². The number of carbonyl (C=O) groups is 1. The van der Waals surface area contributed by atoms with E-state index in [2.05, 4.69) is 61.1 Å². The van der Waals surface area contributed by atoms with Crippen molar-refractivity contribution in [3.63, 3.8) is 0 Å². The van der Waals surface area contributed by atoms with Gasteiger partial charge in [0.2, 0.25) is 5.95 Å². The van der Waals surface area contributed by atoms with E-state index in [1.165, 1.54) is 7.11 Å². The van der Waals surface area contributed by atoms with Gasteiger partial charge in [-0.3, -0.25) is 0 Å². The second-order valence-corrected chi connectivity index (χ2v) is 8.47. The van der Waals surface area contributed by atoms with Crippen LogP contribution in [0.1, 0.15) is 39.2 Å². The third-order valence-corrected chi connectivity index (χ3v) is 4.67. The maximum atomic E-state index is 11.4. The number of rotatable bonds is 6. The number of aromatic amines is 1. The molecule has 32 heavy (non-hydrogen) atoms. The molecule has 0 saturated carbocycles. The minimum Gasteiger partial charge on any atom is -0.453 e. The number of H-pyrrole nitrogens is 1. The Hall–Kier alpha value is -3.76. The minimum atomic E-state index is -0.495. The Kier molecular flexibility index (Phi) is 6.56. The van der Waals surface area contributed by atoms with Crippen LogP contribution in [0.15, 0.2) is 18.5 Å². The number of ether oxygens (including phenoxy) is 1. The third kappa shape index (κ3) is 5.29. The van der Waals surface area contributed by atoms with Crippen LogP contribution in [0.2, 0.25) is 0 Å². The van der Waals surface area contributed by atoms with Crippen LogP contribution >= 0.6 is 0 Å². The molecule has 3 aromatic heterocycles. The normalized spacial score (nSPS) is 12.3. The van der Waals surface area contributed by atoms with Gasteiger partial charge in [0.25, 0.3) is 0 Å². The molecule has 170 valence electrons. The van der Waals surface area contributed by atoms with E-state index >= 15 is 0 Å². The lowest BCUT2D eigenvalue weighted by Crippen LogP contribution is -2.37. The molecule has 0 aliphatic carbocycles. The monoisotopic (exact) mass is 439 g/mol. The Morgan fingerprint density at radius 3 is 2.62 bits per heavy atom. The van der Waals surface area contributed by atoms with Crippen LogP contribution < -0.4 is 16.4 Å². The number of alkyl carbamates (subject to hydrolysis) is 1. The summed E-state index contributed by atoms with van der Waals surface area (Å²) in [6.07, 6.45) is 2.77. The molecule has 0 unspecified atom stereocenters. The Bertz CT molecular complexity index is 1100. The van der Waals surface area contributed by atoms with Crippen molar-refractivity contribution in [2.24, 2.45) is 0 Å². The van der Waals surface area contributed by atoms with E-state index in [9.17, 15) is 4.79 Å². The van der Waals surface area contributed by atoms with Crippen molar-refractivity contribution in [1.82, 2.24) is 35.2 Å². The van der Waals surface area contributed by atoms with Gasteiger partial charge in [0.05, 0.1) is 30.4 Å². The standard InChI is InChI=1S/C21H29N9O2/c1-11(26-20(31)32-6)9-25-19-23-8-7-13(28-19)15-16(30-18(29-15)21(3,4)5)14-10-24-17(22)12(2)27-14/h7-8,10-11H,9H2,1-6H3,(H2,22,24)(H,26,31)(H,29,30)(H,23,25,28)/t11-/m0/s1. The van der Waals surface area contributed by atoms with Crippen LogP contribution in [-0.4, -0.2) is 55.7 Å². The van der Waals surface area contributed by atoms with Gasteiger partial charge in [-0.25, -0.2) is 29.7 Å². The van der Waals surface area contributed by atoms with Gasteiger partial charge in [0.15, 0.2) is 0 Å². The molecule has 0 spiro atoms. The predicted octanol–water partition coefficient (Wildman–Crippen LogP) is 2.67. The summed E-state index contributed by atoms with van der Waals surface area (Å²) >= 11 is 0. The van der Waals surface area contributed by atoms with E-state index in [0.717, 1.165) is 5.82 Å². The zero-order chi connectivity index (χ0) is 23.5. The first kappa shape index (κ1) is 22.9. The molecule has 0 aliphatic heterocycles. The lowest BCUT2D eigenvalue weighted by molar-refractivity contribution is 0.168. The quantitative estimate of drug-likeness (QED) is 0.453. The van der Waals surface area contributed by atoms with Gasteiger partial charge in [-0.05, 0) is 19.9 Å². The van der Waals surface area contributed by atoms with Crippen LogP contribution in [0.4, 0.5) is 16.6 Å². The van der Waals surface area contributed by atoms with Crippen molar-refractivity contribution in [1.29, 1.82) is 0 Å². The minimum absolute atomic E-state index is 0.182. The fourth-order valence-corrected chi connectivity index (χ4v) is 2.84. The Morgan fingerprint density at radius 1 is 1.22 bits per heavy atom. The van der Waals surface area contributed by atoms with E-state index in [0.29, 0.717) is 46.8 Å². The molecule has 0 fully saturated rings. The summed E-state index contributed by atoms with van der Waals surface area (Å²) in [5.41, 5.74) is 8.84. The summed E-state index contributed by atoms with van der Waals surface area (Å²) in [6.45, 7) is 10.3. The van der Waals surface area contributed by atoms with Crippen molar-refractivity contribution in [2.45, 2.75) is 46.1 Å². The van der Waals surface area contributed by atoms with Crippen LogP contribution in [0.3, 0.4) is 0 Å². The number of aryl methyl sites for hydroxylation is 1. The molecule has 1 atom stereocenters. The summed E-state index contributed by atoms with van der Waals surface area (Å²) in [5, 5.41) is 5.81. The summed E-state index contributed by atoms with van der Waals surface area (Å²) < 4.78 is 4.61. The topological polar surface area (TPSA) is 157 Å². The molecule has 3 rings (SSSR count). The fourth-order valence-electron chi connectivity index (χ4n) is 2.84. The fraction of sp³-hybridized carbons (Fsp3) is 0.429. The Labute approximate surface area is 186 Å². The highest BCUT2D eigenvalue weighted by molar-refractivity contribution is 5.75. The number of nitrogen functional groups attached to an aromatic ring is 1. The molecule has 3 aromatic rings. The SMILES string of the molecule is COC(=O)N[C@@H](C)CNc1nccc(-c2[nH]c(C(C)(C)C)nc2-c2cnc(N)c(C)n2)n1. The van der Waals surface area contributed by atoms with E-state index in [1.807, 2.05) is 6.92 Å². The number of aromatic nitrogens is 6. The third-order valence-electron chi connectivity index (χ3n) is 4.67. The zero-order valence-corrected chi connectivity index (χ0v) is 19.1. The van der Waals surface area contributed by atoms with Crippen LogP contribution in [-0.2, 0) is 10.2 Å².